The van der Waals surface area contributed by atoms with Crippen LogP contribution >= 0.6 is 0 Å². The monoisotopic (exact) mass is 303 g/mol. The molecule has 0 spiro atoms. The summed E-state index contributed by atoms with van der Waals surface area (Å²) < 4.78 is 0. The number of hydrogen-bond acceptors (Lipinski definition) is 2. The van der Waals surface area contributed by atoms with Gasteiger partial charge in [-0.05, 0) is 42.4 Å². The quantitative estimate of drug-likeness (QED) is 0.867. The van der Waals surface area contributed by atoms with Crippen molar-refractivity contribution in [3.63, 3.8) is 0 Å². The van der Waals surface area contributed by atoms with Crippen LogP contribution in [0.2, 0.25) is 0 Å². The van der Waals surface area contributed by atoms with Crippen molar-refractivity contribution in [3.8, 4) is 0 Å². The minimum Gasteiger partial charge on any atom is -0.388 e. The standard InChI is InChI=1S/C19H29NO2/c1-4-7-18(21)16-9-8-15-10-11-20(13-17(15)12-16)19(22)14(5-2)6-3/h8-9,12,14,18,21H,4-7,10-11,13H2,1-3H3. The number of amides is 1. The van der Waals surface area contributed by atoms with Crippen molar-refractivity contribution in [2.45, 2.75) is 65.5 Å². The van der Waals surface area contributed by atoms with E-state index < -0.39 is 0 Å². The van der Waals surface area contributed by atoms with Crippen molar-refractivity contribution in [2.75, 3.05) is 6.54 Å². The molecule has 1 N–H and O–H groups in total. The fourth-order valence-corrected chi connectivity index (χ4v) is 3.31. The van der Waals surface area contributed by atoms with Gasteiger partial charge < -0.3 is 10.0 Å². The Hall–Kier alpha value is -1.35. The lowest BCUT2D eigenvalue weighted by atomic mass is 9.93. The zero-order chi connectivity index (χ0) is 16.1. The molecule has 0 saturated carbocycles. The van der Waals surface area contributed by atoms with Gasteiger partial charge in [0, 0.05) is 19.0 Å². The molecule has 0 saturated heterocycles. The van der Waals surface area contributed by atoms with Crippen molar-refractivity contribution >= 4 is 5.91 Å². The Balaban J connectivity index is 2.14. The average Bonchev–Trinajstić information content (AvgIpc) is 2.55. The number of carbonyl (C=O) groups excluding carboxylic acids is 1. The third kappa shape index (κ3) is 3.70. The van der Waals surface area contributed by atoms with E-state index in [4.69, 9.17) is 0 Å². The molecule has 1 aromatic rings. The Kier molecular flexibility index (Phi) is 6.01. The summed E-state index contributed by atoms with van der Waals surface area (Å²) in [7, 11) is 0. The Morgan fingerprint density at radius 1 is 1.23 bits per heavy atom. The largest absolute Gasteiger partial charge is 0.388 e. The molecule has 2 rings (SSSR count). The Morgan fingerprint density at radius 2 is 1.95 bits per heavy atom. The number of hydrogen-bond donors (Lipinski definition) is 1. The van der Waals surface area contributed by atoms with E-state index in [-0.39, 0.29) is 17.9 Å². The van der Waals surface area contributed by atoms with Crippen LogP contribution in [0.4, 0.5) is 0 Å². The van der Waals surface area contributed by atoms with Crippen LogP contribution in [0.1, 0.15) is 69.2 Å². The van der Waals surface area contributed by atoms with Crippen molar-refractivity contribution in [1.82, 2.24) is 4.90 Å². The molecule has 3 nitrogen and oxygen atoms in total. The summed E-state index contributed by atoms with van der Waals surface area (Å²) in [4.78, 5) is 14.6. The first-order chi connectivity index (χ1) is 10.6. The molecule has 22 heavy (non-hydrogen) atoms. The molecule has 0 bridgehead atoms. The summed E-state index contributed by atoms with van der Waals surface area (Å²) in [6, 6.07) is 6.27. The van der Waals surface area contributed by atoms with Gasteiger partial charge in [0.25, 0.3) is 0 Å². The molecular weight excluding hydrogens is 274 g/mol. The van der Waals surface area contributed by atoms with Gasteiger partial charge in [-0.3, -0.25) is 4.79 Å². The number of fused-ring (bicyclic) bond motifs is 1. The zero-order valence-corrected chi connectivity index (χ0v) is 14.1. The van der Waals surface area contributed by atoms with Crippen LogP contribution in [-0.2, 0) is 17.8 Å². The maximum Gasteiger partial charge on any atom is 0.225 e. The Morgan fingerprint density at radius 3 is 2.59 bits per heavy atom. The van der Waals surface area contributed by atoms with E-state index in [2.05, 4.69) is 32.9 Å². The second-order valence-electron chi connectivity index (χ2n) is 6.36. The fourth-order valence-electron chi connectivity index (χ4n) is 3.31. The maximum absolute atomic E-state index is 12.6. The highest BCUT2D eigenvalue weighted by atomic mass is 16.3. The van der Waals surface area contributed by atoms with Crippen LogP contribution in [0, 0.1) is 5.92 Å². The molecule has 1 unspecified atom stereocenters. The zero-order valence-electron chi connectivity index (χ0n) is 14.1. The normalized spacial score (nSPS) is 15.8. The van der Waals surface area contributed by atoms with E-state index in [0.717, 1.165) is 44.2 Å². The molecule has 1 heterocycles. The van der Waals surface area contributed by atoms with Crippen molar-refractivity contribution in [3.05, 3.63) is 34.9 Å². The second kappa shape index (κ2) is 7.77. The fraction of sp³-hybridized carbons (Fsp3) is 0.632. The van der Waals surface area contributed by atoms with Gasteiger partial charge in [0.2, 0.25) is 5.91 Å². The summed E-state index contributed by atoms with van der Waals surface area (Å²) in [5, 5.41) is 10.2. The third-order valence-corrected chi connectivity index (χ3v) is 4.84. The van der Waals surface area contributed by atoms with Gasteiger partial charge in [-0.25, -0.2) is 0 Å². The molecule has 0 aliphatic carbocycles. The highest BCUT2D eigenvalue weighted by Crippen LogP contribution is 2.26. The summed E-state index contributed by atoms with van der Waals surface area (Å²) in [5.41, 5.74) is 3.51. The molecule has 0 fully saturated rings. The predicted octanol–water partition coefficient (Wildman–Crippen LogP) is 3.84. The SMILES string of the molecule is CCCC(O)c1ccc2c(c1)CN(C(=O)C(CC)CC)CC2. The summed E-state index contributed by atoms with van der Waals surface area (Å²) in [5.74, 6) is 0.436. The topological polar surface area (TPSA) is 40.5 Å². The van der Waals surface area contributed by atoms with Gasteiger partial charge in [0.1, 0.15) is 0 Å². The molecule has 1 aliphatic rings. The van der Waals surface area contributed by atoms with Crippen molar-refractivity contribution in [2.24, 2.45) is 5.92 Å². The second-order valence-corrected chi connectivity index (χ2v) is 6.36. The molecule has 1 amide bonds. The van der Waals surface area contributed by atoms with Gasteiger partial charge >= 0.3 is 0 Å². The number of aliphatic hydroxyl groups is 1. The first-order valence-corrected chi connectivity index (χ1v) is 8.69. The number of carbonyl (C=O) groups is 1. The Bertz CT molecular complexity index is 508. The molecule has 0 radical (unpaired) electrons. The number of aliphatic hydroxyl groups excluding tert-OH is 1. The average molecular weight is 303 g/mol. The molecule has 0 aromatic heterocycles. The number of nitrogens with zero attached hydrogens (tertiary/aromatic N) is 1. The van der Waals surface area contributed by atoms with Gasteiger partial charge in [0.15, 0.2) is 0 Å². The van der Waals surface area contributed by atoms with Crippen molar-refractivity contribution < 1.29 is 9.90 Å². The third-order valence-electron chi connectivity index (χ3n) is 4.84. The molecule has 3 heteroatoms. The molecule has 1 atom stereocenters. The molecular formula is C19H29NO2. The lowest BCUT2D eigenvalue weighted by Gasteiger charge is -2.32. The van der Waals surface area contributed by atoms with E-state index >= 15 is 0 Å². The van der Waals surface area contributed by atoms with Gasteiger partial charge in [0.05, 0.1) is 6.10 Å². The van der Waals surface area contributed by atoms with Crippen LogP contribution in [0.15, 0.2) is 18.2 Å². The minimum atomic E-state index is -0.389. The van der Waals surface area contributed by atoms with E-state index in [1.807, 2.05) is 11.0 Å². The maximum atomic E-state index is 12.6. The van der Waals surface area contributed by atoms with Gasteiger partial charge in [-0.2, -0.15) is 0 Å². The van der Waals surface area contributed by atoms with Crippen LogP contribution < -0.4 is 0 Å². The van der Waals surface area contributed by atoms with Crippen LogP contribution in [0.3, 0.4) is 0 Å². The summed E-state index contributed by atoms with van der Waals surface area (Å²) in [6.45, 7) is 7.76. The van der Waals surface area contributed by atoms with E-state index in [9.17, 15) is 9.90 Å². The predicted molar refractivity (Wildman–Crippen MR) is 89.5 cm³/mol. The van der Waals surface area contributed by atoms with Crippen LogP contribution in [0.25, 0.3) is 0 Å². The van der Waals surface area contributed by atoms with Crippen LogP contribution in [0.5, 0.6) is 0 Å². The number of rotatable bonds is 6. The smallest absolute Gasteiger partial charge is 0.225 e. The first-order valence-electron chi connectivity index (χ1n) is 8.69. The highest BCUT2D eigenvalue weighted by molar-refractivity contribution is 5.79. The number of benzene rings is 1. The van der Waals surface area contributed by atoms with E-state index in [1.54, 1.807) is 0 Å². The lowest BCUT2D eigenvalue weighted by molar-refractivity contribution is -0.136. The van der Waals surface area contributed by atoms with Gasteiger partial charge in [-0.1, -0.05) is 45.4 Å². The first kappa shape index (κ1) is 17.0. The summed E-state index contributed by atoms with van der Waals surface area (Å²) >= 11 is 0. The van der Waals surface area contributed by atoms with E-state index in [0.29, 0.717) is 6.54 Å². The molecule has 1 aromatic carbocycles. The summed E-state index contributed by atoms with van der Waals surface area (Å²) in [6.07, 6.45) is 4.11. The van der Waals surface area contributed by atoms with E-state index in [1.165, 1.54) is 11.1 Å². The van der Waals surface area contributed by atoms with Crippen molar-refractivity contribution in [1.29, 1.82) is 0 Å². The van der Waals surface area contributed by atoms with Crippen LogP contribution in [-0.4, -0.2) is 22.5 Å². The lowest BCUT2D eigenvalue weighted by Crippen LogP contribution is -2.39. The highest BCUT2D eigenvalue weighted by Gasteiger charge is 2.25. The Labute approximate surface area is 134 Å². The molecule has 1 aliphatic heterocycles. The molecule has 122 valence electrons. The van der Waals surface area contributed by atoms with Gasteiger partial charge in [-0.15, -0.1) is 0 Å². The minimum absolute atomic E-state index is 0.149.